The monoisotopic (exact) mass is 313 g/mol. The van der Waals surface area contributed by atoms with Gasteiger partial charge in [-0.15, -0.1) is 0 Å². The fraction of sp³-hybridized carbons (Fsp3) is 0.615. The number of carbonyl (C=O) groups is 2. The lowest BCUT2D eigenvalue weighted by molar-refractivity contribution is -0.128. The summed E-state index contributed by atoms with van der Waals surface area (Å²) in [6.07, 6.45) is 0. The van der Waals surface area contributed by atoms with Crippen molar-refractivity contribution >= 4 is 34.1 Å². The lowest BCUT2D eigenvalue weighted by Crippen LogP contribution is -2.43. The summed E-state index contributed by atoms with van der Waals surface area (Å²) in [7, 11) is 1.57. The molecule has 0 saturated carbocycles. The molecule has 0 aliphatic rings. The van der Waals surface area contributed by atoms with Crippen molar-refractivity contribution in [2.24, 2.45) is 5.41 Å². The minimum Gasteiger partial charge on any atom is -0.382 e. The molecule has 0 bridgehead atoms. The Bertz CT molecular complexity index is 525. The van der Waals surface area contributed by atoms with Crippen molar-refractivity contribution in [1.82, 2.24) is 15.6 Å². The second-order valence-corrected chi connectivity index (χ2v) is 6.68. The van der Waals surface area contributed by atoms with Crippen molar-refractivity contribution < 1.29 is 9.59 Å². The zero-order chi connectivity index (χ0) is 16.2. The summed E-state index contributed by atoms with van der Waals surface area (Å²) in [5, 5.41) is 9.01. The zero-order valence-electron chi connectivity index (χ0n) is 13.0. The van der Waals surface area contributed by atoms with E-state index in [0.29, 0.717) is 10.0 Å². The molecular weight excluding hydrogens is 290 g/mol. The van der Waals surface area contributed by atoms with Gasteiger partial charge in [-0.05, 0) is 27.7 Å². The van der Waals surface area contributed by atoms with Gasteiger partial charge in [-0.2, -0.15) is 0 Å². The lowest BCUT2D eigenvalue weighted by atomic mass is 9.92. The summed E-state index contributed by atoms with van der Waals surface area (Å²) in [5.74, 6) is -0.264. The van der Waals surface area contributed by atoms with Gasteiger partial charge in [0, 0.05) is 19.6 Å². The van der Waals surface area contributed by atoms with Gasteiger partial charge in [-0.1, -0.05) is 11.3 Å². The van der Waals surface area contributed by atoms with Crippen LogP contribution in [0.4, 0.5) is 10.9 Å². The maximum absolute atomic E-state index is 12.1. The summed E-state index contributed by atoms with van der Waals surface area (Å²) < 4.78 is 0. The van der Waals surface area contributed by atoms with Crippen molar-refractivity contribution in [3.8, 4) is 0 Å². The highest BCUT2D eigenvalue weighted by molar-refractivity contribution is 7.18. The Morgan fingerprint density at radius 3 is 2.52 bits per heavy atom. The average Bonchev–Trinajstić information content (AvgIpc) is 2.75. The predicted octanol–water partition coefficient (Wildman–Crippen LogP) is 1.05. The Hall–Kier alpha value is -1.83. The molecule has 0 aliphatic heterocycles. The van der Waals surface area contributed by atoms with Crippen LogP contribution in [0.1, 0.15) is 37.4 Å². The number of nitrogens with two attached hydrogens (primary N) is 1. The summed E-state index contributed by atoms with van der Waals surface area (Å²) in [4.78, 5) is 28.3. The molecule has 21 heavy (non-hydrogen) atoms. The molecule has 0 radical (unpaired) electrons. The number of nitrogen functional groups attached to an aromatic ring is 1. The molecule has 0 atom stereocenters. The van der Waals surface area contributed by atoms with Gasteiger partial charge in [0.15, 0.2) is 5.13 Å². The zero-order valence-corrected chi connectivity index (χ0v) is 13.9. The van der Waals surface area contributed by atoms with Gasteiger partial charge < -0.3 is 21.7 Å². The molecule has 2 amide bonds. The first-order valence-corrected chi connectivity index (χ1v) is 7.52. The normalized spacial score (nSPS) is 11.3. The summed E-state index contributed by atoms with van der Waals surface area (Å²) in [6.45, 7) is 7.68. The fourth-order valence-corrected chi connectivity index (χ4v) is 2.55. The Morgan fingerprint density at radius 1 is 1.38 bits per heavy atom. The third-order valence-corrected chi connectivity index (χ3v) is 3.81. The maximum Gasteiger partial charge on any atom is 0.265 e. The number of nitrogens with one attached hydrogen (secondary N) is 3. The smallest absolute Gasteiger partial charge is 0.265 e. The summed E-state index contributed by atoms with van der Waals surface area (Å²) in [5.41, 5.74) is 5.07. The number of hydrogen-bond donors (Lipinski definition) is 4. The molecule has 5 N–H and O–H groups in total. The minimum absolute atomic E-state index is 0.137. The molecule has 0 fully saturated rings. The van der Waals surface area contributed by atoms with E-state index in [4.69, 9.17) is 5.73 Å². The average molecular weight is 313 g/mol. The standard InChI is InChI=1S/C13H23N5O2S/c1-7(2)17-12-18-9(14)8(21-12)10(19)16-6-13(3,4)11(20)15-5/h7H,6,14H2,1-5H3,(H,15,20)(H,16,19)(H,17,18). The van der Waals surface area contributed by atoms with Crippen LogP contribution in [0, 0.1) is 5.41 Å². The number of carbonyl (C=O) groups excluding carboxylic acids is 2. The maximum atomic E-state index is 12.1. The van der Waals surface area contributed by atoms with Gasteiger partial charge in [0.25, 0.3) is 5.91 Å². The van der Waals surface area contributed by atoms with E-state index in [2.05, 4.69) is 20.9 Å². The second-order valence-electron chi connectivity index (χ2n) is 5.68. The minimum atomic E-state index is -0.692. The number of amides is 2. The first-order valence-electron chi connectivity index (χ1n) is 6.70. The number of hydrogen-bond acceptors (Lipinski definition) is 6. The first kappa shape index (κ1) is 17.2. The van der Waals surface area contributed by atoms with Crippen LogP contribution >= 0.6 is 11.3 Å². The quantitative estimate of drug-likeness (QED) is 0.627. The Kier molecular flexibility index (Phi) is 5.54. The van der Waals surface area contributed by atoms with Crippen LogP contribution in [0.2, 0.25) is 0 Å². The van der Waals surface area contributed by atoms with E-state index in [0.717, 1.165) is 0 Å². The van der Waals surface area contributed by atoms with E-state index in [-0.39, 0.29) is 30.2 Å². The topological polar surface area (TPSA) is 109 Å². The number of rotatable bonds is 6. The number of aromatic nitrogens is 1. The van der Waals surface area contributed by atoms with Crippen LogP contribution in [0.5, 0.6) is 0 Å². The Labute approximate surface area is 128 Å². The Morgan fingerprint density at radius 2 is 2.00 bits per heavy atom. The van der Waals surface area contributed by atoms with Crippen molar-refractivity contribution in [3.05, 3.63) is 4.88 Å². The van der Waals surface area contributed by atoms with Crippen molar-refractivity contribution in [2.45, 2.75) is 33.7 Å². The van der Waals surface area contributed by atoms with Crippen molar-refractivity contribution in [1.29, 1.82) is 0 Å². The largest absolute Gasteiger partial charge is 0.382 e. The fourth-order valence-electron chi connectivity index (χ4n) is 1.60. The van der Waals surface area contributed by atoms with Gasteiger partial charge in [0.2, 0.25) is 5.91 Å². The van der Waals surface area contributed by atoms with Crippen LogP contribution in [-0.4, -0.2) is 36.4 Å². The molecule has 0 aliphatic carbocycles. The highest BCUT2D eigenvalue weighted by Gasteiger charge is 2.28. The molecule has 1 aromatic rings. The number of thiazole rings is 1. The van der Waals surface area contributed by atoms with Gasteiger partial charge >= 0.3 is 0 Å². The van der Waals surface area contributed by atoms with Crippen molar-refractivity contribution in [3.63, 3.8) is 0 Å². The molecule has 1 aromatic heterocycles. The first-order chi connectivity index (χ1) is 9.67. The SMILES string of the molecule is CNC(=O)C(C)(C)CNC(=O)c1sc(NC(C)C)nc1N. The third-order valence-electron chi connectivity index (χ3n) is 2.80. The molecule has 0 aromatic carbocycles. The van der Waals surface area contributed by atoms with Gasteiger partial charge in [0.05, 0.1) is 5.41 Å². The molecule has 1 heterocycles. The van der Waals surface area contributed by atoms with Crippen LogP contribution in [0.15, 0.2) is 0 Å². The van der Waals surface area contributed by atoms with E-state index in [1.54, 1.807) is 20.9 Å². The van der Waals surface area contributed by atoms with E-state index in [9.17, 15) is 9.59 Å². The van der Waals surface area contributed by atoms with Gasteiger partial charge in [-0.25, -0.2) is 4.98 Å². The molecule has 8 heteroatoms. The van der Waals surface area contributed by atoms with Crippen LogP contribution < -0.4 is 21.7 Å². The molecule has 0 unspecified atom stereocenters. The molecule has 0 saturated heterocycles. The van der Waals surface area contributed by atoms with Crippen LogP contribution in [0.3, 0.4) is 0 Å². The van der Waals surface area contributed by atoms with E-state index >= 15 is 0 Å². The third kappa shape index (κ3) is 4.59. The van der Waals surface area contributed by atoms with Crippen LogP contribution in [0.25, 0.3) is 0 Å². The van der Waals surface area contributed by atoms with E-state index < -0.39 is 5.41 Å². The van der Waals surface area contributed by atoms with Gasteiger partial charge in [0.1, 0.15) is 10.7 Å². The van der Waals surface area contributed by atoms with E-state index in [1.807, 2.05) is 13.8 Å². The van der Waals surface area contributed by atoms with Gasteiger partial charge in [-0.3, -0.25) is 9.59 Å². The second kappa shape index (κ2) is 6.75. The predicted molar refractivity (Wildman–Crippen MR) is 85.5 cm³/mol. The lowest BCUT2D eigenvalue weighted by Gasteiger charge is -2.22. The molecule has 0 spiro atoms. The molecular formula is C13H23N5O2S. The van der Waals surface area contributed by atoms with Crippen molar-refractivity contribution in [2.75, 3.05) is 24.6 Å². The molecule has 7 nitrogen and oxygen atoms in total. The number of nitrogens with zero attached hydrogens (tertiary/aromatic N) is 1. The number of anilines is 2. The molecule has 118 valence electrons. The van der Waals surface area contributed by atoms with E-state index in [1.165, 1.54) is 11.3 Å². The molecule has 1 rings (SSSR count). The van der Waals surface area contributed by atoms with Crippen LogP contribution in [-0.2, 0) is 4.79 Å². The highest BCUT2D eigenvalue weighted by Crippen LogP contribution is 2.25. The summed E-state index contributed by atoms with van der Waals surface area (Å²) >= 11 is 1.20. The highest BCUT2D eigenvalue weighted by atomic mass is 32.1. The summed E-state index contributed by atoms with van der Waals surface area (Å²) in [6, 6.07) is 0.207. The Balaban J connectivity index is 2.72.